The van der Waals surface area contributed by atoms with Crippen LogP contribution in [0.3, 0.4) is 0 Å². The molecule has 0 amide bonds. The summed E-state index contributed by atoms with van der Waals surface area (Å²) in [5, 5.41) is 0. The highest BCUT2D eigenvalue weighted by atomic mass is 16.5. The van der Waals surface area contributed by atoms with Crippen LogP contribution in [0.4, 0.5) is 0 Å². The van der Waals surface area contributed by atoms with Crippen molar-refractivity contribution in [2.75, 3.05) is 7.11 Å². The van der Waals surface area contributed by atoms with Crippen LogP contribution in [0.1, 0.15) is 99.9 Å². The second-order valence-corrected chi connectivity index (χ2v) is 6.84. The number of rotatable bonds is 14. The molecule has 0 saturated carbocycles. The van der Waals surface area contributed by atoms with E-state index in [1.165, 1.54) is 77.7 Å². The monoisotopic (exact) mass is 344 g/mol. The molecule has 0 atom stereocenters. The summed E-state index contributed by atoms with van der Waals surface area (Å²) in [6.45, 7) is 2.27. The molecule has 0 heterocycles. The van der Waals surface area contributed by atoms with Crippen LogP contribution in [0.2, 0.25) is 0 Å². The third-order valence-corrected chi connectivity index (χ3v) is 4.59. The Morgan fingerprint density at radius 1 is 0.920 bits per heavy atom. The molecule has 0 bridgehead atoms. The van der Waals surface area contributed by atoms with Gasteiger partial charge in [-0.1, -0.05) is 95.4 Å². The number of esters is 1. The molecule has 0 fully saturated rings. The van der Waals surface area contributed by atoms with E-state index in [4.69, 9.17) is 4.74 Å². The quantitative estimate of drug-likeness (QED) is 0.264. The highest BCUT2D eigenvalue weighted by Gasteiger charge is 2.03. The summed E-state index contributed by atoms with van der Waals surface area (Å²) in [6, 6.07) is 7.58. The first-order valence-corrected chi connectivity index (χ1v) is 10.1. The molecule has 0 radical (unpaired) electrons. The Balaban J connectivity index is 2.02. The van der Waals surface area contributed by atoms with Gasteiger partial charge in [-0.3, -0.25) is 0 Å². The van der Waals surface area contributed by atoms with Gasteiger partial charge in [-0.05, 0) is 30.5 Å². The third-order valence-electron chi connectivity index (χ3n) is 4.59. The molecule has 25 heavy (non-hydrogen) atoms. The maximum Gasteiger partial charge on any atom is 0.337 e. The molecule has 0 aliphatic carbocycles. The molecule has 0 unspecified atom stereocenters. The zero-order chi connectivity index (χ0) is 18.2. The Bertz CT molecular complexity index is 491. The van der Waals surface area contributed by atoms with E-state index in [-0.39, 0.29) is 5.97 Å². The minimum atomic E-state index is -0.277. The van der Waals surface area contributed by atoms with Gasteiger partial charge in [-0.2, -0.15) is 0 Å². The number of methoxy groups -OCH3 is 1. The summed E-state index contributed by atoms with van der Waals surface area (Å²) in [5.74, 6) is -0.277. The van der Waals surface area contributed by atoms with Crippen LogP contribution < -0.4 is 0 Å². The van der Waals surface area contributed by atoms with Crippen LogP contribution in [-0.4, -0.2) is 13.1 Å². The van der Waals surface area contributed by atoms with Crippen molar-refractivity contribution < 1.29 is 9.53 Å². The molecule has 0 spiro atoms. The normalized spacial score (nSPS) is 11.1. The molecular formula is C23H36O2. The standard InChI is InChI=1S/C23H36O2/c1-3-4-5-6-7-8-9-10-11-12-13-14-15-17-21-18-16-19-22(20-21)23(24)25-2/h15-20H,3-14H2,1-2H3. The van der Waals surface area contributed by atoms with Crippen LogP contribution >= 0.6 is 0 Å². The molecule has 1 aromatic rings. The van der Waals surface area contributed by atoms with Crippen molar-refractivity contribution in [2.45, 2.75) is 84.0 Å². The van der Waals surface area contributed by atoms with E-state index >= 15 is 0 Å². The summed E-state index contributed by atoms with van der Waals surface area (Å²) >= 11 is 0. The van der Waals surface area contributed by atoms with Crippen molar-refractivity contribution in [3.05, 3.63) is 41.5 Å². The molecule has 1 aromatic carbocycles. The van der Waals surface area contributed by atoms with Gasteiger partial charge < -0.3 is 4.74 Å². The first-order chi connectivity index (χ1) is 12.3. The Morgan fingerprint density at radius 3 is 2.12 bits per heavy atom. The molecule has 2 heteroatoms. The van der Waals surface area contributed by atoms with Crippen molar-refractivity contribution in [3.8, 4) is 0 Å². The number of unbranched alkanes of at least 4 members (excludes halogenated alkanes) is 11. The predicted molar refractivity (Wildman–Crippen MR) is 108 cm³/mol. The van der Waals surface area contributed by atoms with Gasteiger partial charge in [-0.25, -0.2) is 4.79 Å². The van der Waals surface area contributed by atoms with Gasteiger partial charge in [-0.15, -0.1) is 0 Å². The molecule has 140 valence electrons. The fourth-order valence-electron chi connectivity index (χ4n) is 3.03. The summed E-state index contributed by atoms with van der Waals surface area (Å²) in [7, 11) is 1.41. The van der Waals surface area contributed by atoms with Crippen molar-refractivity contribution >= 4 is 12.0 Å². The van der Waals surface area contributed by atoms with Crippen LogP contribution in [0.5, 0.6) is 0 Å². The van der Waals surface area contributed by atoms with E-state index in [1.807, 2.05) is 18.2 Å². The highest BCUT2D eigenvalue weighted by Crippen LogP contribution is 2.13. The van der Waals surface area contributed by atoms with Crippen molar-refractivity contribution in [1.82, 2.24) is 0 Å². The average Bonchev–Trinajstić information content (AvgIpc) is 2.65. The van der Waals surface area contributed by atoms with Gasteiger partial charge in [0.1, 0.15) is 0 Å². The van der Waals surface area contributed by atoms with E-state index in [2.05, 4.69) is 19.1 Å². The minimum Gasteiger partial charge on any atom is -0.465 e. The lowest BCUT2D eigenvalue weighted by Gasteiger charge is -2.02. The van der Waals surface area contributed by atoms with Gasteiger partial charge in [0.15, 0.2) is 0 Å². The number of carbonyl (C=O) groups excluding carboxylic acids is 1. The highest BCUT2D eigenvalue weighted by molar-refractivity contribution is 5.89. The lowest BCUT2D eigenvalue weighted by molar-refractivity contribution is 0.0600. The molecule has 0 aromatic heterocycles. The maximum atomic E-state index is 11.5. The van der Waals surface area contributed by atoms with Crippen molar-refractivity contribution in [1.29, 1.82) is 0 Å². The number of hydrogen-bond acceptors (Lipinski definition) is 2. The number of benzene rings is 1. The molecule has 0 aliphatic rings. The minimum absolute atomic E-state index is 0.277. The van der Waals surface area contributed by atoms with Crippen LogP contribution in [0.25, 0.3) is 6.08 Å². The molecule has 0 saturated heterocycles. The van der Waals surface area contributed by atoms with Crippen LogP contribution in [0, 0.1) is 0 Å². The molecule has 0 aliphatic heterocycles. The van der Waals surface area contributed by atoms with Gasteiger partial charge in [0.2, 0.25) is 0 Å². The fourth-order valence-corrected chi connectivity index (χ4v) is 3.03. The SMILES string of the molecule is CCCCCCCCCCCCCC=Cc1cccc(C(=O)OC)c1. The second kappa shape index (κ2) is 14.7. The first kappa shape index (κ1) is 21.5. The number of hydrogen-bond donors (Lipinski definition) is 0. The van der Waals surface area contributed by atoms with E-state index in [9.17, 15) is 4.79 Å². The Hall–Kier alpha value is -1.57. The van der Waals surface area contributed by atoms with E-state index < -0.39 is 0 Å². The third kappa shape index (κ3) is 10.8. The molecule has 1 rings (SSSR count). The smallest absolute Gasteiger partial charge is 0.337 e. The molecule has 0 N–H and O–H groups in total. The lowest BCUT2D eigenvalue weighted by Crippen LogP contribution is -2.00. The topological polar surface area (TPSA) is 26.3 Å². The summed E-state index contributed by atoms with van der Waals surface area (Å²) in [4.78, 5) is 11.5. The zero-order valence-electron chi connectivity index (χ0n) is 16.3. The number of carbonyl (C=O) groups is 1. The molecular weight excluding hydrogens is 308 g/mol. The summed E-state index contributed by atoms with van der Waals surface area (Å²) in [6.07, 6.45) is 20.6. The zero-order valence-corrected chi connectivity index (χ0v) is 16.3. The van der Waals surface area contributed by atoms with Crippen LogP contribution in [0.15, 0.2) is 30.3 Å². The Kier molecular flexibility index (Phi) is 12.7. The Morgan fingerprint density at radius 2 is 1.52 bits per heavy atom. The largest absolute Gasteiger partial charge is 0.465 e. The van der Waals surface area contributed by atoms with Gasteiger partial charge in [0, 0.05) is 0 Å². The van der Waals surface area contributed by atoms with Gasteiger partial charge >= 0.3 is 5.97 Å². The van der Waals surface area contributed by atoms with Gasteiger partial charge in [0.25, 0.3) is 0 Å². The van der Waals surface area contributed by atoms with Gasteiger partial charge in [0.05, 0.1) is 12.7 Å². The Labute approximate surface area is 154 Å². The average molecular weight is 345 g/mol. The van der Waals surface area contributed by atoms with Crippen LogP contribution in [-0.2, 0) is 4.74 Å². The van der Waals surface area contributed by atoms with Crippen molar-refractivity contribution in [3.63, 3.8) is 0 Å². The summed E-state index contributed by atoms with van der Waals surface area (Å²) in [5.41, 5.74) is 1.67. The second-order valence-electron chi connectivity index (χ2n) is 6.84. The predicted octanol–water partition coefficient (Wildman–Crippen LogP) is 7.19. The first-order valence-electron chi connectivity index (χ1n) is 10.1. The van der Waals surface area contributed by atoms with E-state index in [0.29, 0.717) is 5.56 Å². The molecule has 2 nitrogen and oxygen atoms in total. The van der Waals surface area contributed by atoms with E-state index in [1.54, 1.807) is 6.07 Å². The lowest BCUT2D eigenvalue weighted by atomic mass is 10.0. The summed E-state index contributed by atoms with van der Waals surface area (Å²) < 4.78 is 4.75. The number of allylic oxidation sites excluding steroid dienone is 1. The fraction of sp³-hybridized carbons (Fsp3) is 0.609. The number of ether oxygens (including phenoxy) is 1. The van der Waals surface area contributed by atoms with E-state index in [0.717, 1.165) is 12.0 Å². The maximum absolute atomic E-state index is 11.5. The van der Waals surface area contributed by atoms with Crippen molar-refractivity contribution in [2.24, 2.45) is 0 Å².